The van der Waals surface area contributed by atoms with Crippen molar-refractivity contribution in [1.82, 2.24) is 5.43 Å². The number of nitrogens with zero attached hydrogens (tertiary/aromatic N) is 1. The van der Waals surface area contributed by atoms with Crippen LogP contribution >= 0.6 is 0 Å². The molecule has 92 valence electrons. The number of nitrogen functional groups attached to an aromatic ring is 1. The summed E-state index contributed by atoms with van der Waals surface area (Å²) in [6.07, 6.45) is 1.43. The van der Waals surface area contributed by atoms with Gasteiger partial charge in [-0.1, -0.05) is 12.1 Å². The molecule has 0 bridgehead atoms. The van der Waals surface area contributed by atoms with E-state index >= 15 is 0 Å². The number of rotatable bonds is 3. The van der Waals surface area contributed by atoms with Crippen LogP contribution in [-0.4, -0.2) is 11.6 Å². The Hall–Kier alpha value is -2.56. The van der Waals surface area contributed by atoms with E-state index in [4.69, 9.17) is 10.2 Å². The predicted octanol–water partition coefficient (Wildman–Crippen LogP) is 2.02. The smallest absolute Gasteiger partial charge is 0.307 e. The SMILES string of the molecule is CC(=NNC(=O)c1ccco1)c1cccc(N)c1. The van der Waals surface area contributed by atoms with Crippen LogP contribution in [0.15, 0.2) is 52.2 Å². The largest absolute Gasteiger partial charge is 0.459 e. The van der Waals surface area contributed by atoms with Crippen molar-refractivity contribution in [2.45, 2.75) is 6.92 Å². The van der Waals surface area contributed by atoms with Gasteiger partial charge in [0.2, 0.25) is 0 Å². The first-order valence-corrected chi connectivity index (χ1v) is 5.41. The van der Waals surface area contributed by atoms with Gasteiger partial charge in [0.1, 0.15) is 0 Å². The summed E-state index contributed by atoms with van der Waals surface area (Å²) in [6.45, 7) is 1.79. The van der Waals surface area contributed by atoms with Crippen LogP contribution in [0.25, 0.3) is 0 Å². The van der Waals surface area contributed by atoms with Crippen LogP contribution < -0.4 is 11.2 Å². The first kappa shape index (κ1) is 11.9. The molecule has 0 fully saturated rings. The number of hydrogen-bond acceptors (Lipinski definition) is 4. The molecule has 5 nitrogen and oxygen atoms in total. The van der Waals surface area contributed by atoms with E-state index in [1.807, 2.05) is 12.1 Å². The number of anilines is 1. The molecule has 0 aliphatic heterocycles. The first-order valence-electron chi connectivity index (χ1n) is 5.41. The van der Waals surface area contributed by atoms with Crippen molar-refractivity contribution >= 4 is 17.3 Å². The minimum atomic E-state index is -0.386. The van der Waals surface area contributed by atoms with Crippen molar-refractivity contribution in [2.75, 3.05) is 5.73 Å². The lowest BCUT2D eigenvalue weighted by Gasteiger charge is -2.02. The molecule has 0 radical (unpaired) electrons. The molecule has 0 aliphatic rings. The number of hydrogen-bond donors (Lipinski definition) is 2. The molecule has 1 amide bonds. The van der Waals surface area contributed by atoms with Crippen LogP contribution in [0.5, 0.6) is 0 Å². The minimum Gasteiger partial charge on any atom is -0.459 e. The average molecular weight is 243 g/mol. The normalized spacial score (nSPS) is 11.3. The van der Waals surface area contributed by atoms with Gasteiger partial charge in [-0.2, -0.15) is 5.10 Å². The Balaban J connectivity index is 2.08. The molecule has 1 heterocycles. The quantitative estimate of drug-likeness (QED) is 0.491. The van der Waals surface area contributed by atoms with E-state index in [2.05, 4.69) is 10.5 Å². The lowest BCUT2D eigenvalue weighted by Crippen LogP contribution is -2.18. The highest BCUT2D eigenvalue weighted by atomic mass is 16.3. The van der Waals surface area contributed by atoms with Gasteiger partial charge in [0, 0.05) is 5.69 Å². The third kappa shape index (κ3) is 2.76. The van der Waals surface area contributed by atoms with E-state index in [0.717, 1.165) is 5.56 Å². The number of nitrogens with one attached hydrogen (secondary N) is 1. The Morgan fingerprint density at radius 3 is 2.83 bits per heavy atom. The number of hydrazone groups is 1. The minimum absolute atomic E-state index is 0.221. The fraction of sp³-hybridized carbons (Fsp3) is 0.0769. The standard InChI is InChI=1S/C13H13N3O2/c1-9(10-4-2-5-11(14)8-10)15-16-13(17)12-6-3-7-18-12/h2-8H,14H2,1H3,(H,16,17). The third-order valence-electron chi connectivity index (χ3n) is 2.37. The predicted molar refractivity (Wildman–Crippen MR) is 69.2 cm³/mol. The van der Waals surface area contributed by atoms with Crippen molar-refractivity contribution in [3.63, 3.8) is 0 Å². The molecule has 5 heteroatoms. The van der Waals surface area contributed by atoms with E-state index in [9.17, 15) is 4.79 Å². The van der Waals surface area contributed by atoms with Crippen molar-refractivity contribution in [3.05, 3.63) is 54.0 Å². The highest BCUT2D eigenvalue weighted by Crippen LogP contribution is 2.07. The van der Waals surface area contributed by atoms with Crippen LogP contribution in [0, 0.1) is 0 Å². The summed E-state index contributed by atoms with van der Waals surface area (Å²) in [5.74, 6) is -0.164. The van der Waals surface area contributed by atoms with Crippen LogP contribution in [0.2, 0.25) is 0 Å². The Bertz CT molecular complexity index is 574. The van der Waals surface area contributed by atoms with Crippen molar-refractivity contribution < 1.29 is 9.21 Å². The lowest BCUT2D eigenvalue weighted by atomic mass is 10.1. The zero-order chi connectivity index (χ0) is 13.0. The zero-order valence-electron chi connectivity index (χ0n) is 9.88. The van der Waals surface area contributed by atoms with E-state index < -0.39 is 0 Å². The second-order valence-corrected chi connectivity index (χ2v) is 3.74. The number of furan rings is 1. The van der Waals surface area contributed by atoms with E-state index in [0.29, 0.717) is 11.4 Å². The molecule has 1 aromatic heterocycles. The highest BCUT2D eigenvalue weighted by Gasteiger charge is 2.07. The topological polar surface area (TPSA) is 80.6 Å². The molecule has 1 aromatic carbocycles. The van der Waals surface area contributed by atoms with Gasteiger partial charge in [0.05, 0.1) is 12.0 Å². The van der Waals surface area contributed by atoms with E-state index in [-0.39, 0.29) is 11.7 Å². The maximum Gasteiger partial charge on any atom is 0.307 e. The third-order valence-corrected chi connectivity index (χ3v) is 2.37. The van der Waals surface area contributed by atoms with Gasteiger partial charge >= 0.3 is 5.91 Å². The summed E-state index contributed by atoms with van der Waals surface area (Å²) < 4.78 is 4.95. The number of nitrogens with two attached hydrogens (primary N) is 1. The number of carbonyl (C=O) groups is 1. The van der Waals surface area contributed by atoms with Crippen LogP contribution in [0.1, 0.15) is 23.0 Å². The van der Waals surface area contributed by atoms with Crippen LogP contribution in [0.3, 0.4) is 0 Å². The number of benzene rings is 1. The molecule has 3 N–H and O–H groups in total. The Kier molecular flexibility index (Phi) is 3.43. The molecular weight excluding hydrogens is 230 g/mol. The monoisotopic (exact) mass is 243 g/mol. The van der Waals surface area contributed by atoms with Gasteiger partial charge < -0.3 is 10.2 Å². The van der Waals surface area contributed by atoms with Gasteiger partial charge in [-0.15, -0.1) is 0 Å². The fourth-order valence-electron chi connectivity index (χ4n) is 1.43. The van der Waals surface area contributed by atoms with Gasteiger partial charge in [-0.25, -0.2) is 5.43 Å². The fourth-order valence-corrected chi connectivity index (χ4v) is 1.43. The second kappa shape index (κ2) is 5.18. The van der Waals surface area contributed by atoms with Gasteiger partial charge in [-0.3, -0.25) is 4.79 Å². The Labute approximate surface area is 104 Å². The summed E-state index contributed by atoms with van der Waals surface area (Å²) in [4.78, 5) is 11.6. The van der Waals surface area contributed by atoms with Crippen molar-refractivity contribution in [1.29, 1.82) is 0 Å². The molecule has 18 heavy (non-hydrogen) atoms. The van der Waals surface area contributed by atoms with Gasteiger partial charge in [-0.05, 0) is 36.8 Å². The second-order valence-electron chi connectivity index (χ2n) is 3.74. The summed E-state index contributed by atoms with van der Waals surface area (Å²) in [6, 6.07) is 10.5. The molecule has 0 aliphatic carbocycles. The van der Waals surface area contributed by atoms with Gasteiger partial charge in [0.15, 0.2) is 5.76 Å². The zero-order valence-corrected chi connectivity index (χ0v) is 9.88. The average Bonchev–Trinajstić information content (AvgIpc) is 2.89. The van der Waals surface area contributed by atoms with Crippen LogP contribution in [0.4, 0.5) is 5.69 Å². The summed E-state index contributed by atoms with van der Waals surface area (Å²) in [5, 5.41) is 3.99. The van der Waals surface area contributed by atoms with Crippen molar-refractivity contribution in [2.24, 2.45) is 5.10 Å². The maximum absolute atomic E-state index is 11.6. The van der Waals surface area contributed by atoms with Crippen molar-refractivity contribution in [3.8, 4) is 0 Å². The molecule has 0 saturated heterocycles. The summed E-state index contributed by atoms with van der Waals surface area (Å²) in [5.41, 5.74) is 10.3. The van der Waals surface area contributed by atoms with Crippen LogP contribution in [-0.2, 0) is 0 Å². The molecular formula is C13H13N3O2. The molecule has 2 rings (SSSR count). The highest BCUT2D eigenvalue weighted by molar-refractivity contribution is 6.00. The number of amides is 1. The Morgan fingerprint density at radius 1 is 1.33 bits per heavy atom. The molecule has 0 spiro atoms. The first-order chi connectivity index (χ1) is 8.66. The molecule has 2 aromatic rings. The Morgan fingerprint density at radius 2 is 2.17 bits per heavy atom. The lowest BCUT2D eigenvalue weighted by molar-refractivity contribution is 0.0927. The molecule has 0 atom stereocenters. The van der Waals surface area contributed by atoms with E-state index in [1.165, 1.54) is 6.26 Å². The summed E-state index contributed by atoms with van der Waals surface area (Å²) in [7, 11) is 0. The maximum atomic E-state index is 11.6. The summed E-state index contributed by atoms with van der Waals surface area (Å²) >= 11 is 0. The number of carbonyl (C=O) groups excluding carboxylic acids is 1. The van der Waals surface area contributed by atoms with Gasteiger partial charge in [0.25, 0.3) is 0 Å². The van der Waals surface area contributed by atoms with E-state index in [1.54, 1.807) is 31.2 Å². The molecule has 0 saturated carbocycles. The molecule has 0 unspecified atom stereocenters.